The maximum absolute atomic E-state index is 12.9. The van der Waals surface area contributed by atoms with Crippen LogP contribution >= 0.6 is 11.8 Å². The van der Waals surface area contributed by atoms with Crippen molar-refractivity contribution in [1.29, 1.82) is 0 Å². The van der Waals surface area contributed by atoms with Gasteiger partial charge < -0.3 is 0 Å². The van der Waals surface area contributed by atoms with Crippen LogP contribution in [0, 0.1) is 5.82 Å². The first-order chi connectivity index (χ1) is 9.54. The first-order valence-electron chi connectivity index (χ1n) is 6.27. The van der Waals surface area contributed by atoms with E-state index in [2.05, 4.69) is 0 Å². The topological polar surface area (TPSA) is 34.1 Å². The lowest BCUT2D eigenvalue weighted by Crippen LogP contribution is -2.18. The second kappa shape index (κ2) is 5.22. The zero-order valence-corrected chi connectivity index (χ0v) is 12.3. The van der Waals surface area contributed by atoms with Gasteiger partial charge in [-0.2, -0.15) is 0 Å². The second-order valence-electron chi connectivity index (χ2n) is 4.79. The van der Waals surface area contributed by atoms with E-state index in [1.165, 1.54) is 29.8 Å². The van der Waals surface area contributed by atoms with Crippen LogP contribution < -0.4 is 0 Å². The lowest BCUT2D eigenvalue weighted by Gasteiger charge is -2.09. The minimum Gasteiger partial charge on any atom is -0.224 e. The number of rotatable bonds is 3. The molecular formula is C15H13FO2S2. The quantitative estimate of drug-likeness (QED) is 0.816. The van der Waals surface area contributed by atoms with Crippen molar-refractivity contribution in [3.63, 3.8) is 0 Å². The van der Waals surface area contributed by atoms with Gasteiger partial charge in [-0.15, -0.1) is 11.8 Å². The van der Waals surface area contributed by atoms with Gasteiger partial charge in [0, 0.05) is 10.1 Å². The van der Waals surface area contributed by atoms with E-state index in [1.807, 2.05) is 24.3 Å². The van der Waals surface area contributed by atoms with Crippen LogP contribution in [0.1, 0.15) is 5.56 Å². The maximum Gasteiger partial charge on any atom is 0.179 e. The van der Waals surface area contributed by atoms with Gasteiger partial charge in [0.1, 0.15) is 5.82 Å². The molecule has 0 saturated heterocycles. The number of halogens is 1. The van der Waals surface area contributed by atoms with E-state index in [-0.39, 0.29) is 15.9 Å². The number of hydrogen-bond donors (Lipinski definition) is 0. The monoisotopic (exact) mass is 308 g/mol. The standard InChI is InChI=1S/C15H13FO2S2/c16-12-5-7-14(8-6-12)20(17,18)10-13-9-11-3-1-2-4-15(11)19-13/h1-8,13H,9-10H2. The summed E-state index contributed by atoms with van der Waals surface area (Å²) in [6, 6.07) is 13.0. The van der Waals surface area contributed by atoms with Gasteiger partial charge in [-0.1, -0.05) is 18.2 Å². The summed E-state index contributed by atoms with van der Waals surface area (Å²) in [6.45, 7) is 0. The van der Waals surface area contributed by atoms with Crippen LogP contribution in [-0.4, -0.2) is 19.4 Å². The fourth-order valence-corrected chi connectivity index (χ4v) is 5.57. The van der Waals surface area contributed by atoms with E-state index in [9.17, 15) is 12.8 Å². The van der Waals surface area contributed by atoms with E-state index in [0.29, 0.717) is 0 Å². The van der Waals surface area contributed by atoms with Gasteiger partial charge in [0.25, 0.3) is 0 Å². The van der Waals surface area contributed by atoms with Gasteiger partial charge in [0.15, 0.2) is 9.84 Å². The molecule has 2 aromatic carbocycles. The molecule has 0 spiro atoms. The number of hydrogen-bond acceptors (Lipinski definition) is 3. The van der Waals surface area contributed by atoms with Crippen LogP contribution in [0.3, 0.4) is 0 Å². The summed E-state index contributed by atoms with van der Waals surface area (Å²) in [5.74, 6) is -0.343. The molecule has 0 fully saturated rings. The van der Waals surface area contributed by atoms with Crippen LogP contribution in [0.2, 0.25) is 0 Å². The van der Waals surface area contributed by atoms with Crippen LogP contribution in [0.15, 0.2) is 58.3 Å². The molecule has 5 heteroatoms. The van der Waals surface area contributed by atoms with Crippen LogP contribution in [0.25, 0.3) is 0 Å². The van der Waals surface area contributed by atoms with Crippen molar-refractivity contribution in [2.75, 3.05) is 5.75 Å². The molecule has 0 saturated carbocycles. The lowest BCUT2D eigenvalue weighted by atomic mass is 10.1. The maximum atomic E-state index is 12.9. The van der Waals surface area contributed by atoms with Crippen molar-refractivity contribution >= 4 is 21.6 Å². The van der Waals surface area contributed by atoms with E-state index in [0.717, 1.165) is 11.3 Å². The first-order valence-corrected chi connectivity index (χ1v) is 8.81. The Morgan fingerprint density at radius 1 is 1.10 bits per heavy atom. The molecule has 0 aliphatic carbocycles. The average Bonchev–Trinajstić information content (AvgIpc) is 2.80. The summed E-state index contributed by atoms with van der Waals surface area (Å²) in [4.78, 5) is 1.35. The largest absolute Gasteiger partial charge is 0.224 e. The first kappa shape index (κ1) is 13.6. The van der Waals surface area contributed by atoms with Crippen molar-refractivity contribution in [1.82, 2.24) is 0 Å². The Morgan fingerprint density at radius 3 is 2.50 bits per heavy atom. The Bertz CT molecular complexity index is 699. The second-order valence-corrected chi connectivity index (χ2v) is 8.16. The Kier molecular flexibility index (Phi) is 3.56. The lowest BCUT2D eigenvalue weighted by molar-refractivity contribution is 0.593. The third kappa shape index (κ3) is 2.74. The summed E-state index contributed by atoms with van der Waals surface area (Å²) in [5.41, 5.74) is 1.21. The summed E-state index contributed by atoms with van der Waals surface area (Å²) in [7, 11) is -3.37. The van der Waals surface area contributed by atoms with E-state index in [4.69, 9.17) is 0 Å². The summed E-state index contributed by atoms with van der Waals surface area (Å²) < 4.78 is 37.5. The average molecular weight is 308 g/mol. The van der Waals surface area contributed by atoms with Gasteiger partial charge in [0.05, 0.1) is 10.6 Å². The Balaban J connectivity index is 1.77. The zero-order valence-electron chi connectivity index (χ0n) is 10.6. The predicted octanol–water partition coefficient (Wildman–Crippen LogP) is 3.32. The van der Waals surface area contributed by atoms with E-state index in [1.54, 1.807) is 11.8 Å². The van der Waals surface area contributed by atoms with E-state index < -0.39 is 15.7 Å². The molecule has 20 heavy (non-hydrogen) atoms. The molecule has 0 radical (unpaired) electrons. The van der Waals surface area contributed by atoms with Crippen molar-refractivity contribution in [3.05, 3.63) is 59.9 Å². The molecule has 1 aliphatic rings. The molecule has 3 rings (SSSR count). The number of thioether (sulfide) groups is 1. The van der Waals surface area contributed by atoms with Crippen molar-refractivity contribution in [2.45, 2.75) is 21.5 Å². The molecule has 1 heterocycles. The SMILES string of the molecule is O=S(=O)(CC1Cc2ccccc2S1)c1ccc(F)cc1. The van der Waals surface area contributed by atoms with Gasteiger partial charge >= 0.3 is 0 Å². The molecule has 1 unspecified atom stereocenters. The highest BCUT2D eigenvalue weighted by Crippen LogP contribution is 2.37. The Labute approximate surface area is 121 Å². The Hall–Kier alpha value is -1.33. The molecule has 0 bridgehead atoms. The number of fused-ring (bicyclic) bond motifs is 1. The third-order valence-corrected chi connectivity index (χ3v) is 6.65. The number of sulfone groups is 1. The van der Waals surface area contributed by atoms with Gasteiger partial charge in [-0.25, -0.2) is 12.8 Å². The third-order valence-electron chi connectivity index (χ3n) is 3.29. The normalized spacial score (nSPS) is 17.9. The van der Waals surface area contributed by atoms with Crippen molar-refractivity contribution in [3.8, 4) is 0 Å². The van der Waals surface area contributed by atoms with Crippen LogP contribution in [0.4, 0.5) is 4.39 Å². The molecule has 1 atom stereocenters. The minimum atomic E-state index is -3.37. The van der Waals surface area contributed by atoms with Crippen LogP contribution in [0.5, 0.6) is 0 Å². The summed E-state index contributed by atoms with van der Waals surface area (Å²) >= 11 is 1.61. The molecule has 2 nitrogen and oxygen atoms in total. The van der Waals surface area contributed by atoms with Gasteiger partial charge in [-0.05, 0) is 42.3 Å². The highest BCUT2D eigenvalue weighted by molar-refractivity contribution is 8.01. The minimum absolute atomic E-state index is 0.0300. The van der Waals surface area contributed by atoms with Crippen molar-refractivity contribution < 1.29 is 12.8 Å². The molecule has 104 valence electrons. The Morgan fingerprint density at radius 2 is 1.80 bits per heavy atom. The fraction of sp³-hybridized carbons (Fsp3) is 0.200. The van der Waals surface area contributed by atoms with E-state index >= 15 is 0 Å². The van der Waals surface area contributed by atoms with Crippen LogP contribution in [-0.2, 0) is 16.3 Å². The zero-order chi connectivity index (χ0) is 14.2. The molecule has 0 N–H and O–H groups in total. The fourth-order valence-electron chi connectivity index (χ4n) is 2.33. The predicted molar refractivity (Wildman–Crippen MR) is 78.2 cm³/mol. The number of benzene rings is 2. The smallest absolute Gasteiger partial charge is 0.179 e. The molecule has 0 amide bonds. The highest BCUT2D eigenvalue weighted by Gasteiger charge is 2.27. The van der Waals surface area contributed by atoms with Gasteiger partial charge in [-0.3, -0.25) is 0 Å². The van der Waals surface area contributed by atoms with Crippen molar-refractivity contribution in [2.24, 2.45) is 0 Å². The molecule has 0 aromatic heterocycles. The molecule has 1 aliphatic heterocycles. The molecular weight excluding hydrogens is 295 g/mol. The summed E-state index contributed by atoms with van der Waals surface area (Å²) in [5, 5.41) is 0.0300. The van der Waals surface area contributed by atoms with Gasteiger partial charge in [0.2, 0.25) is 0 Å². The summed E-state index contributed by atoms with van der Waals surface area (Å²) in [6.07, 6.45) is 0.765. The highest BCUT2D eigenvalue weighted by atomic mass is 32.2. The molecule has 2 aromatic rings.